The summed E-state index contributed by atoms with van der Waals surface area (Å²) in [5.41, 5.74) is 0.0981. The standard InChI is InChI=1S/C44H55F2N5O5/c1-7-34-36(46)12-11-29-18-33(52)20-35(39(29)34)30-19-37-40(55-25-30)41(49(6)24-32-10-9-17-51(32)38(53)8-2)48-42(47-37)56-26-44(27(3)4)21-31(45)23-50(44)22-28-13-15-43(5,54)16-14-28/h1,8,11-12,18,20,27-28,30-32,52,54H,2,9-10,13-17,19,21-26H2,3-6H3/t28?,30-,31-,32+,43?,44+/m1/s1. The van der Waals surface area contributed by atoms with Gasteiger partial charge >= 0.3 is 6.01 Å². The van der Waals surface area contributed by atoms with E-state index in [1.54, 1.807) is 18.2 Å². The van der Waals surface area contributed by atoms with Gasteiger partial charge in [0, 0.05) is 63.4 Å². The molecule has 1 saturated carbocycles. The molecule has 3 aliphatic heterocycles. The Balaban J connectivity index is 1.22. The van der Waals surface area contributed by atoms with E-state index < -0.39 is 23.1 Å². The number of fused-ring (bicyclic) bond motifs is 2. The minimum absolute atomic E-state index is 0.0278. The highest BCUT2D eigenvalue weighted by Crippen LogP contribution is 2.44. The number of amides is 1. The van der Waals surface area contributed by atoms with Crippen LogP contribution in [0.3, 0.4) is 0 Å². The quantitative estimate of drug-likeness (QED) is 0.166. The predicted molar refractivity (Wildman–Crippen MR) is 212 cm³/mol. The van der Waals surface area contributed by atoms with E-state index in [4.69, 9.17) is 25.9 Å². The van der Waals surface area contributed by atoms with Crippen molar-refractivity contribution in [2.45, 2.75) is 101 Å². The van der Waals surface area contributed by atoms with Crippen LogP contribution in [0.5, 0.6) is 17.5 Å². The lowest BCUT2D eigenvalue weighted by molar-refractivity contribution is -0.126. The molecule has 4 atom stereocenters. The number of hydrogen-bond donors (Lipinski definition) is 2. The van der Waals surface area contributed by atoms with E-state index >= 15 is 8.78 Å². The molecule has 2 N–H and O–H groups in total. The van der Waals surface area contributed by atoms with Gasteiger partial charge in [-0.1, -0.05) is 32.4 Å². The molecule has 7 rings (SSSR count). The normalized spacial score (nSPS) is 27.9. The average Bonchev–Trinajstić information content (AvgIpc) is 3.77. The number of ether oxygens (including phenoxy) is 2. The van der Waals surface area contributed by atoms with E-state index in [1.165, 1.54) is 12.1 Å². The number of carbonyl (C=O) groups excluding carboxylic acids is 1. The van der Waals surface area contributed by atoms with Crippen molar-refractivity contribution in [2.75, 3.05) is 51.3 Å². The third kappa shape index (κ3) is 7.77. The third-order valence-electron chi connectivity index (χ3n) is 12.9. The first-order chi connectivity index (χ1) is 26.7. The van der Waals surface area contributed by atoms with Gasteiger partial charge in [0.2, 0.25) is 5.91 Å². The Kier molecular flexibility index (Phi) is 11.2. The van der Waals surface area contributed by atoms with E-state index in [1.807, 2.05) is 23.8 Å². The van der Waals surface area contributed by atoms with Gasteiger partial charge in [0.1, 0.15) is 24.3 Å². The monoisotopic (exact) mass is 771 g/mol. The summed E-state index contributed by atoms with van der Waals surface area (Å²) in [7, 11) is 1.91. The Bertz CT molecular complexity index is 2010. The number of likely N-dealkylation sites (N-methyl/N-ethyl adjacent to an activating group) is 1. The topological polar surface area (TPSA) is 111 Å². The molecule has 2 saturated heterocycles. The van der Waals surface area contributed by atoms with Crippen LogP contribution in [0.15, 0.2) is 36.9 Å². The number of aromatic nitrogens is 2. The number of phenols is 1. The van der Waals surface area contributed by atoms with E-state index in [9.17, 15) is 15.0 Å². The molecule has 4 heterocycles. The van der Waals surface area contributed by atoms with Crippen molar-refractivity contribution in [1.82, 2.24) is 19.8 Å². The minimum Gasteiger partial charge on any atom is -0.508 e. The minimum atomic E-state index is -1.00. The fourth-order valence-corrected chi connectivity index (χ4v) is 9.66. The van der Waals surface area contributed by atoms with E-state index in [0.29, 0.717) is 72.0 Å². The van der Waals surface area contributed by atoms with Crippen LogP contribution in [0.2, 0.25) is 0 Å². The number of halogens is 2. The maximum absolute atomic E-state index is 15.5. The van der Waals surface area contributed by atoms with Crippen LogP contribution in [-0.2, 0) is 11.2 Å². The molecular formula is C44H55F2N5O5. The second kappa shape index (κ2) is 15.8. The second-order valence-corrected chi connectivity index (χ2v) is 17.1. The number of aliphatic hydroxyl groups is 1. The smallest absolute Gasteiger partial charge is 0.318 e. The van der Waals surface area contributed by atoms with E-state index in [0.717, 1.165) is 45.1 Å². The molecular weight excluding hydrogens is 717 g/mol. The van der Waals surface area contributed by atoms with Crippen LogP contribution in [0.1, 0.15) is 88.5 Å². The highest BCUT2D eigenvalue weighted by Gasteiger charge is 2.50. The van der Waals surface area contributed by atoms with Crippen molar-refractivity contribution in [3.8, 4) is 29.9 Å². The molecule has 1 aliphatic carbocycles. The first-order valence-electron chi connectivity index (χ1n) is 20.1. The highest BCUT2D eigenvalue weighted by atomic mass is 19.1. The summed E-state index contributed by atoms with van der Waals surface area (Å²) >= 11 is 0. The third-order valence-corrected chi connectivity index (χ3v) is 12.9. The van der Waals surface area contributed by atoms with Crippen LogP contribution in [0, 0.1) is 30.0 Å². The van der Waals surface area contributed by atoms with Gasteiger partial charge in [-0.15, -0.1) is 6.42 Å². The lowest BCUT2D eigenvalue weighted by atomic mass is 9.78. The first kappa shape index (κ1) is 39.8. The zero-order chi connectivity index (χ0) is 39.9. The Morgan fingerprint density at radius 2 is 2.02 bits per heavy atom. The summed E-state index contributed by atoms with van der Waals surface area (Å²) in [5.74, 6) is 2.96. The van der Waals surface area contributed by atoms with Gasteiger partial charge in [0.05, 0.1) is 29.0 Å². The molecule has 56 heavy (non-hydrogen) atoms. The number of alkyl halides is 1. The molecule has 3 aromatic rings. The number of terminal acetylenes is 1. The predicted octanol–water partition coefficient (Wildman–Crippen LogP) is 6.55. The SMILES string of the molecule is C#Cc1c(F)ccc2cc(O)cc([C@H]3COc4c(nc(OC[C@]5(C(C)C)C[C@@H](F)CN5CC5CCC(C)(O)CC5)nc4N(C)C[C@@H]4CCCN4C(=O)C=C)C3)c12. The Morgan fingerprint density at radius 1 is 1.25 bits per heavy atom. The molecule has 0 bridgehead atoms. The van der Waals surface area contributed by atoms with Crippen LogP contribution >= 0.6 is 0 Å². The molecule has 10 nitrogen and oxygen atoms in total. The molecule has 0 unspecified atom stereocenters. The molecule has 1 amide bonds. The summed E-state index contributed by atoms with van der Waals surface area (Å²) < 4.78 is 43.6. The van der Waals surface area contributed by atoms with E-state index in [-0.39, 0.29) is 54.3 Å². The molecule has 2 aromatic carbocycles. The number of nitrogens with zero attached hydrogens (tertiary/aromatic N) is 5. The van der Waals surface area contributed by atoms with E-state index in [2.05, 4.69) is 31.2 Å². The van der Waals surface area contributed by atoms with Crippen LogP contribution < -0.4 is 14.4 Å². The lowest BCUT2D eigenvalue weighted by Gasteiger charge is -2.44. The number of anilines is 1. The molecule has 4 aliphatic rings. The fraction of sp³-hybridized carbons (Fsp3) is 0.568. The summed E-state index contributed by atoms with van der Waals surface area (Å²) in [6, 6.07) is 6.16. The summed E-state index contributed by atoms with van der Waals surface area (Å²) in [4.78, 5) is 28.6. The number of carbonyl (C=O) groups is 1. The summed E-state index contributed by atoms with van der Waals surface area (Å²) in [6.07, 6.45) is 11.8. The number of rotatable bonds is 11. The van der Waals surface area contributed by atoms with Crippen molar-refractivity contribution >= 4 is 22.5 Å². The zero-order valence-electron chi connectivity index (χ0n) is 33.1. The molecule has 1 aromatic heterocycles. The van der Waals surface area contributed by atoms with Crippen LogP contribution in [-0.4, -0.2) is 106 Å². The Hall–Kier alpha value is -4.47. The molecule has 300 valence electrons. The highest BCUT2D eigenvalue weighted by molar-refractivity contribution is 5.93. The second-order valence-electron chi connectivity index (χ2n) is 17.1. The first-order valence-corrected chi connectivity index (χ1v) is 20.1. The van der Waals surface area contributed by atoms with Crippen LogP contribution in [0.25, 0.3) is 10.8 Å². The number of aromatic hydroxyl groups is 1. The molecule has 0 radical (unpaired) electrons. The number of phenolic OH excluding ortho intramolecular Hbond substituents is 1. The van der Waals surface area contributed by atoms with Crippen molar-refractivity contribution in [2.24, 2.45) is 11.8 Å². The van der Waals surface area contributed by atoms with Crippen molar-refractivity contribution < 1.29 is 33.3 Å². The maximum Gasteiger partial charge on any atom is 0.318 e. The van der Waals surface area contributed by atoms with Gasteiger partial charge in [-0.25, -0.2) is 8.78 Å². The van der Waals surface area contributed by atoms with Crippen molar-refractivity contribution in [1.29, 1.82) is 0 Å². The largest absolute Gasteiger partial charge is 0.508 e. The maximum atomic E-state index is 15.5. The number of hydrogen-bond acceptors (Lipinski definition) is 9. The number of likely N-dealkylation sites (tertiary alicyclic amines) is 2. The molecule has 3 fully saturated rings. The summed E-state index contributed by atoms with van der Waals surface area (Å²) in [6.45, 7) is 12.4. The fourth-order valence-electron chi connectivity index (χ4n) is 9.66. The average molecular weight is 772 g/mol. The van der Waals surface area contributed by atoms with Gasteiger partial charge in [-0.3, -0.25) is 9.69 Å². The Labute approximate surface area is 328 Å². The lowest BCUT2D eigenvalue weighted by Crippen LogP contribution is -2.54. The summed E-state index contributed by atoms with van der Waals surface area (Å²) in [5, 5.41) is 22.5. The van der Waals surface area contributed by atoms with Gasteiger partial charge in [0.25, 0.3) is 0 Å². The van der Waals surface area contributed by atoms with Gasteiger partial charge in [-0.05, 0) is 92.5 Å². The number of benzene rings is 2. The Morgan fingerprint density at radius 3 is 2.73 bits per heavy atom. The molecule has 12 heteroatoms. The van der Waals surface area contributed by atoms with Gasteiger partial charge in [0.15, 0.2) is 11.6 Å². The zero-order valence-corrected chi connectivity index (χ0v) is 33.1. The van der Waals surface area contributed by atoms with Gasteiger partial charge < -0.3 is 29.5 Å². The van der Waals surface area contributed by atoms with Crippen LogP contribution in [0.4, 0.5) is 14.6 Å². The van der Waals surface area contributed by atoms with Crippen molar-refractivity contribution in [3.63, 3.8) is 0 Å². The van der Waals surface area contributed by atoms with Gasteiger partial charge in [-0.2, -0.15) is 9.97 Å². The molecule has 0 spiro atoms. The van der Waals surface area contributed by atoms with Crippen molar-refractivity contribution in [3.05, 3.63) is 59.6 Å².